The maximum Gasteiger partial charge on any atom is 0.307 e. The maximum absolute atomic E-state index is 11.4. The van der Waals surface area contributed by atoms with E-state index in [1.54, 1.807) is 0 Å². The second-order valence-corrected chi connectivity index (χ2v) is 6.42. The Labute approximate surface area is 114 Å². The molecule has 0 saturated heterocycles. The Morgan fingerprint density at radius 2 is 1.89 bits per heavy atom. The van der Waals surface area contributed by atoms with Crippen LogP contribution in [-0.4, -0.2) is 16.3 Å². The number of hydrogen-bond donors (Lipinski definition) is 1. The highest BCUT2D eigenvalue weighted by atomic mass is 35.5. The lowest BCUT2D eigenvalue weighted by molar-refractivity contribution is -0.147. The summed E-state index contributed by atoms with van der Waals surface area (Å²) in [5.41, 5.74) is 0. The zero-order valence-corrected chi connectivity index (χ0v) is 12.1. The van der Waals surface area contributed by atoms with Gasteiger partial charge in [-0.25, -0.2) is 0 Å². The van der Waals surface area contributed by atoms with Gasteiger partial charge in [-0.1, -0.05) is 27.2 Å². The molecule has 0 spiro atoms. The summed E-state index contributed by atoms with van der Waals surface area (Å²) in [7, 11) is 0. The van der Waals surface area contributed by atoms with Crippen LogP contribution in [0.5, 0.6) is 0 Å². The third-order valence-electron chi connectivity index (χ3n) is 4.29. The van der Waals surface area contributed by atoms with Crippen LogP contribution in [-0.2, 0) is 9.59 Å². The SMILES string of the molecule is CC(C)[C@H]1CC[C@H](C)C[C@@H]1C(CC(=O)Cl)C(=O)O. The topological polar surface area (TPSA) is 54.4 Å². The van der Waals surface area contributed by atoms with Gasteiger partial charge < -0.3 is 5.11 Å². The summed E-state index contributed by atoms with van der Waals surface area (Å²) in [5.74, 6) is -0.0433. The molecule has 1 rings (SSSR count). The van der Waals surface area contributed by atoms with E-state index < -0.39 is 17.1 Å². The number of halogens is 1. The predicted molar refractivity (Wildman–Crippen MR) is 71.4 cm³/mol. The molecule has 0 aromatic rings. The summed E-state index contributed by atoms with van der Waals surface area (Å²) in [6.45, 7) is 6.43. The summed E-state index contributed by atoms with van der Waals surface area (Å²) in [6.07, 6.45) is 3.06. The Balaban J connectivity index is 2.89. The molecule has 0 radical (unpaired) electrons. The molecule has 0 amide bonds. The van der Waals surface area contributed by atoms with Crippen LogP contribution in [0.2, 0.25) is 0 Å². The van der Waals surface area contributed by atoms with Crippen molar-refractivity contribution in [3.8, 4) is 0 Å². The van der Waals surface area contributed by atoms with Crippen molar-refractivity contribution >= 4 is 22.8 Å². The summed E-state index contributed by atoms with van der Waals surface area (Å²) in [6, 6.07) is 0. The summed E-state index contributed by atoms with van der Waals surface area (Å²) in [5, 5.41) is 8.81. The molecule has 0 aromatic carbocycles. The Kier molecular flexibility index (Phi) is 5.64. The standard InChI is InChI=1S/C14H23ClO3/c1-8(2)10-5-4-9(3)6-11(10)12(14(17)18)7-13(15)16/h8-12H,4-7H2,1-3H3,(H,17,18)/t9-,10+,11-,12?/m0/s1. The molecule has 104 valence electrons. The van der Waals surface area contributed by atoms with Gasteiger partial charge in [0.1, 0.15) is 0 Å². The maximum atomic E-state index is 11.4. The second-order valence-electron chi connectivity index (χ2n) is 5.99. The molecular formula is C14H23ClO3. The Hall–Kier alpha value is -0.570. The first-order chi connectivity index (χ1) is 8.32. The minimum absolute atomic E-state index is 0.0442. The van der Waals surface area contributed by atoms with Gasteiger partial charge >= 0.3 is 5.97 Å². The third-order valence-corrected chi connectivity index (χ3v) is 4.44. The first-order valence-electron chi connectivity index (χ1n) is 6.74. The zero-order chi connectivity index (χ0) is 13.9. The summed E-state index contributed by atoms with van der Waals surface area (Å²) >= 11 is 5.40. The fourth-order valence-corrected chi connectivity index (χ4v) is 3.50. The van der Waals surface area contributed by atoms with Crippen molar-refractivity contribution < 1.29 is 14.7 Å². The first kappa shape index (κ1) is 15.5. The number of carbonyl (C=O) groups excluding carboxylic acids is 1. The van der Waals surface area contributed by atoms with Crippen molar-refractivity contribution in [1.82, 2.24) is 0 Å². The molecule has 0 aromatic heterocycles. The number of rotatable bonds is 5. The van der Waals surface area contributed by atoms with Gasteiger partial charge in [0.05, 0.1) is 5.92 Å². The normalized spacial score (nSPS) is 30.2. The van der Waals surface area contributed by atoms with E-state index in [-0.39, 0.29) is 12.3 Å². The molecule has 1 N–H and O–H groups in total. The molecule has 1 aliphatic rings. The van der Waals surface area contributed by atoms with Crippen LogP contribution in [0, 0.1) is 29.6 Å². The Morgan fingerprint density at radius 3 is 2.33 bits per heavy atom. The van der Waals surface area contributed by atoms with Gasteiger partial charge in [0.15, 0.2) is 0 Å². The van der Waals surface area contributed by atoms with E-state index in [1.807, 2.05) is 0 Å². The minimum atomic E-state index is -0.881. The lowest BCUT2D eigenvalue weighted by Crippen LogP contribution is -2.37. The van der Waals surface area contributed by atoms with Gasteiger partial charge in [-0.15, -0.1) is 0 Å². The van der Waals surface area contributed by atoms with E-state index >= 15 is 0 Å². The average Bonchev–Trinajstić information content (AvgIpc) is 2.24. The second kappa shape index (κ2) is 6.55. The molecule has 0 heterocycles. The van der Waals surface area contributed by atoms with Crippen molar-refractivity contribution in [2.24, 2.45) is 29.6 Å². The number of hydrogen-bond acceptors (Lipinski definition) is 2. The van der Waals surface area contributed by atoms with Gasteiger partial charge in [0, 0.05) is 6.42 Å². The van der Waals surface area contributed by atoms with E-state index in [0.717, 1.165) is 19.3 Å². The molecule has 1 fully saturated rings. The molecular weight excluding hydrogens is 252 g/mol. The molecule has 4 heteroatoms. The van der Waals surface area contributed by atoms with Gasteiger partial charge in [-0.05, 0) is 48.1 Å². The van der Waals surface area contributed by atoms with Crippen molar-refractivity contribution in [2.75, 3.05) is 0 Å². The van der Waals surface area contributed by atoms with Crippen LogP contribution >= 0.6 is 11.6 Å². The van der Waals surface area contributed by atoms with Gasteiger partial charge in [0.2, 0.25) is 5.24 Å². The molecule has 0 bridgehead atoms. The van der Waals surface area contributed by atoms with Crippen molar-refractivity contribution in [3.63, 3.8) is 0 Å². The predicted octanol–water partition coefficient (Wildman–Crippen LogP) is 3.55. The molecule has 1 unspecified atom stereocenters. The fourth-order valence-electron chi connectivity index (χ4n) is 3.33. The molecule has 0 aliphatic heterocycles. The number of aliphatic carboxylic acids is 1. The van der Waals surface area contributed by atoms with E-state index in [1.165, 1.54) is 0 Å². The first-order valence-corrected chi connectivity index (χ1v) is 7.11. The van der Waals surface area contributed by atoms with Gasteiger partial charge in [0.25, 0.3) is 0 Å². The molecule has 18 heavy (non-hydrogen) atoms. The zero-order valence-electron chi connectivity index (χ0n) is 11.4. The van der Waals surface area contributed by atoms with Crippen molar-refractivity contribution in [3.05, 3.63) is 0 Å². The quantitative estimate of drug-likeness (QED) is 0.780. The fraction of sp³-hybridized carbons (Fsp3) is 0.857. The lowest BCUT2D eigenvalue weighted by Gasteiger charge is -2.40. The van der Waals surface area contributed by atoms with Crippen LogP contribution in [0.25, 0.3) is 0 Å². The van der Waals surface area contributed by atoms with Crippen LogP contribution in [0.3, 0.4) is 0 Å². The summed E-state index contributed by atoms with van der Waals surface area (Å²) in [4.78, 5) is 22.5. The Bertz CT molecular complexity index is 314. The summed E-state index contributed by atoms with van der Waals surface area (Å²) < 4.78 is 0. The molecule has 3 nitrogen and oxygen atoms in total. The van der Waals surface area contributed by atoms with Crippen LogP contribution < -0.4 is 0 Å². The van der Waals surface area contributed by atoms with E-state index in [0.29, 0.717) is 17.8 Å². The largest absolute Gasteiger partial charge is 0.481 e. The van der Waals surface area contributed by atoms with Crippen LogP contribution in [0.1, 0.15) is 46.5 Å². The van der Waals surface area contributed by atoms with Crippen molar-refractivity contribution in [1.29, 1.82) is 0 Å². The number of carbonyl (C=O) groups is 2. The average molecular weight is 275 g/mol. The minimum Gasteiger partial charge on any atom is -0.481 e. The number of carboxylic acids is 1. The smallest absolute Gasteiger partial charge is 0.307 e. The molecule has 1 aliphatic carbocycles. The highest BCUT2D eigenvalue weighted by Crippen LogP contribution is 2.43. The highest BCUT2D eigenvalue weighted by Gasteiger charge is 2.39. The van der Waals surface area contributed by atoms with E-state index in [9.17, 15) is 14.7 Å². The van der Waals surface area contributed by atoms with Gasteiger partial charge in [-0.3, -0.25) is 9.59 Å². The highest BCUT2D eigenvalue weighted by molar-refractivity contribution is 6.63. The molecule has 1 saturated carbocycles. The van der Waals surface area contributed by atoms with Crippen molar-refractivity contribution in [2.45, 2.75) is 46.5 Å². The van der Waals surface area contributed by atoms with E-state index in [2.05, 4.69) is 20.8 Å². The molecule has 4 atom stereocenters. The van der Waals surface area contributed by atoms with E-state index in [4.69, 9.17) is 11.6 Å². The third kappa shape index (κ3) is 3.98. The lowest BCUT2D eigenvalue weighted by atomic mass is 9.65. The van der Waals surface area contributed by atoms with Crippen LogP contribution in [0.4, 0.5) is 0 Å². The van der Waals surface area contributed by atoms with Gasteiger partial charge in [-0.2, -0.15) is 0 Å². The van der Waals surface area contributed by atoms with Crippen LogP contribution in [0.15, 0.2) is 0 Å². The monoisotopic (exact) mass is 274 g/mol. The number of carboxylic acid groups (broad SMARTS) is 1. The Morgan fingerprint density at radius 1 is 1.28 bits per heavy atom.